The van der Waals surface area contributed by atoms with Gasteiger partial charge in [0.2, 0.25) is 0 Å². The Bertz CT molecular complexity index is 702. The van der Waals surface area contributed by atoms with Gasteiger partial charge in [0, 0.05) is 0 Å². The van der Waals surface area contributed by atoms with Crippen LogP contribution in [0.4, 0.5) is 0 Å². The van der Waals surface area contributed by atoms with Crippen molar-refractivity contribution in [3.63, 3.8) is 0 Å². The van der Waals surface area contributed by atoms with Crippen LogP contribution in [-0.2, 0) is 4.57 Å². The molecule has 0 aromatic heterocycles. The van der Waals surface area contributed by atoms with Gasteiger partial charge in [-0.2, -0.15) is 4.89 Å². The molecule has 0 aliphatic heterocycles. The van der Waals surface area contributed by atoms with Crippen LogP contribution in [0, 0.1) is 20.8 Å². The Morgan fingerprint density at radius 3 is 2.19 bits per heavy atom. The van der Waals surface area contributed by atoms with Gasteiger partial charge in [-0.25, -0.2) is 4.79 Å². The van der Waals surface area contributed by atoms with Crippen molar-refractivity contribution in [2.75, 3.05) is 0 Å². The fourth-order valence-electron chi connectivity index (χ4n) is 2.66. The summed E-state index contributed by atoms with van der Waals surface area (Å²) in [4.78, 5) is 21.1. The van der Waals surface area contributed by atoms with Gasteiger partial charge in [-0.1, -0.05) is 36.4 Å². The van der Waals surface area contributed by atoms with Gasteiger partial charge in [0.25, 0.3) is 0 Å². The fraction of sp³-hybridized carbons (Fsp3) is 0.188. The van der Waals surface area contributed by atoms with Crippen molar-refractivity contribution in [2.45, 2.75) is 20.8 Å². The molecule has 104 valence electrons. The van der Waals surface area contributed by atoms with Crippen molar-refractivity contribution in [3.8, 4) is 11.1 Å². The Balaban J connectivity index is 0.00000220. The summed E-state index contributed by atoms with van der Waals surface area (Å²) in [5.41, 5.74) is 4.17. The monoisotopic (exact) mass is 311 g/mol. The van der Waals surface area contributed by atoms with Crippen LogP contribution in [0.25, 0.3) is 11.1 Å². The zero-order valence-corrected chi connectivity index (χ0v) is 15.6. The first-order valence-corrected chi connectivity index (χ1v) is 7.51. The Morgan fingerprint density at radius 1 is 1.10 bits per heavy atom. The summed E-state index contributed by atoms with van der Waals surface area (Å²) in [6, 6.07) is 11.6. The molecule has 1 N–H and O–H groups in total. The summed E-state index contributed by atoms with van der Waals surface area (Å²) in [7, 11) is -2.85. The van der Waals surface area contributed by atoms with Crippen LogP contribution >= 0.6 is 8.03 Å². The van der Waals surface area contributed by atoms with Gasteiger partial charge >= 0.3 is 43.1 Å². The number of benzene rings is 2. The van der Waals surface area contributed by atoms with E-state index in [1.165, 1.54) is 0 Å². The van der Waals surface area contributed by atoms with E-state index in [1.807, 2.05) is 50.2 Å². The first kappa shape index (κ1) is 18.2. The second-order valence-corrected chi connectivity index (χ2v) is 5.78. The molecule has 0 radical (unpaired) electrons. The normalized spacial score (nSPS) is 10.8. The second-order valence-electron chi connectivity index (χ2n) is 4.83. The Hall–Kier alpha value is -0.830. The molecule has 0 heterocycles. The predicted molar refractivity (Wildman–Crippen MR) is 81.4 cm³/mol. The van der Waals surface area contributed by atoms with Crippen LogP contribution < -0.4 is 29.6 Å². The minimum Gasteiger partial charge on any atom is -1.00 e. The summed E-state index contributed by atoms with van der Waals surface area (Å²) < 4.78 is 11.1. The van der Waals surface area contributed by atoms with Crippen LogP contribution in [0.3, 0.4) is 0 Å². The number of hydrogen-bond acceptors (Lipinski definition) is 2. The topological polar surface area (TPSA) is 54.4 Å². The van der Waals surface area contributed by atoms with Crippen molar-refractivity contribution in [2.24, 2.45) is 0 Å². The van der Waals surface area contributed by atoms with Crippen molar-refractivity contribution >= 4 is 13.6 Å². The summed E-state index contributed by atoms with van der Waals surface area (Å²) >= 11 is 0. The molecule has 0 bridgehead atoms. The largest absolute Gasteiger partial charge is 1.00 e. The fourth-order valence-corrected chi connectivity index (χ4v) is 3.19. The van der Waals surface area contributed by atoms with E-state index >= 15 is 0 Å². The van der Waals surface area contributed by atoms with E-state index in [9.17, 15) is 9.36 Å². The minimum absolute atomic E-state index is 0. The molecule has 0 amide bonds. The van der Waals surface area contributed by atoms with Crippen molar-refractivity contribution in [1.82, 2.24) is 0 Å². The Morgan fingerprint density at radius 2 is 1.67 bits per heavy atom. The minimum atomic E-state index is -2.85. The summed E-state index contributed by atoms with van der Waals surface area (Å²) in [5.74, 6) is 0. The quantitative estimate of drug-likeness (QED) is 0.686. The van der Waals surface area contributed by atoms with Gasteiger partial charge in [-0.3, -0.25) is 0 Å². The van der Waals surface area contributed by atoms with E-state index in [1.54, 1.807) is 6.92 Å². The Kier molecular flexibility index (Phi) is 6.45. The van der Waals surface area contributed by atoms with E-state index in [-0.39, 0.29) is 31.0 Å². The number of carbonyl (C=O) groups excluding carboxylic acids is 1. The maximum atomic E-state index is 11.9. The number of rotatable bonds is 3. The molecule has 0 spiro atoms. The summed E-state index contributed by atoms with van der Waals surface area (Å²) in [6.45, 7) is 5.60. The van der Waals surface area contributed by atoms with E-state index in [0.717, 1.165) is 27.8 Å². The van der Waals surface area contributed by atoms with E-state index < -0.39 is 13.6 Å². The van der Waals surface area contributed by atoms with Crippen LogP contribution in [0.5, 0.6) is 0 Å². The van der Waals surface area contributed by atoms with Crippen molar-refractivity contribution in [1.29, 1.82) is 0 Å². The van der Waals surface area contributed by atoms with Gasteiger partial charge in [-0.15, -0.1) is 0 Å². The molecule has 1 atom stereocenters. The molecule has 0 aliphatic rings. The van der Waals surface area contributed by atoms with E-state index in [0.29, 0.717) is 5.56 Å². The van der Waals surface area contributed by atoms with E-state index in [4.69, 9.17) is 4.89 Å². The van der Waals surface area contributed by atoms with Crippen LogP contribution in [0.15, 0.2) is 36.4 Å². The average Bonchev–Trinajstić information content (AvgIpc) is 2.39. The Labute approximate surface area is 149 Å². The molecule has 2 aromatic rings. The summed E-state index contributed by atoms with van der Waals surface area (Å²) in [6.07, 6.45) is 0. The number of carbonyl (C=O) groups is 1. The zero-order valence-electron chi connectivity index (χ0n) is 13.7. The van der Waals surface area contributed by atoms with Gasteiger partial charge in [0.1, 0.15) is 0 Å². The molecule has 2 rings (SSSR count). The third-order valence-corrected chi connectivity index (χ3v) is 3.99. The zero-order chi connectivity index (χ0) is 14.9. The molecule has 0 saturated carbocycles. The first-order chi connectivity index (χ1) is 9.43. The second kappa shape index (κ2) is 7.44. The first-order valence-electron chi connectivity index (χ1n) is 6.30. The van der Waals surface area contributed by atoms with Crippen LogP contribution in [0.2, 0.25) is 0 Å². The molecule has 2 aromatic carbocycles. The molecule has 1 unspecified atom stereocenters. The third kappa shape index (κ3) is 3.68. The van der Waals surface area contributed by atoms with Crippen LogP contribution in [0.1, 0.15) is 28.5 Å². The maximum Gasteiger partial charge on any atom is 1.00 e. The maximum absolute atomic E-state index is 11.9. The van der Waals surface area contributed by atoms with Crippen LogP contribution in [-0.4, -0.2) is 10.4 Å². The average molecular weight is 311 g/mol. The van der Waals surface area contributed by atoms with Gasteiger partial charge in [0.05, 0.1) is 5.56 Å². The van der Waals surface area contributed by atoms with Gasteiger partial charge < -0.3 is 1.43 Å². The predicted octanol–water partition coefficient (Wildman–Crippen LogP) is 1.27. The molecule has 0 saturated heterocycles. The molecular weight excluding hydrogens is 294 g/mol. The van der Waals surface area contributed by atoms with Gasteiger partial charge in [-0.05, 0) is 53.2 Å². The smallest absolute Gasteiger partial charge is 1.00 e. The molecule has 21 heavy (non-hydrogen) atoms. The molecule has 5 heteroatoms. The molecular formula is C16H17NaO3P+. The number of aryl methyl sites for hydroxylation is 2. The summed E-state index contributed by atoms with van der Waals surface area (Å²) in [5, 5.41) is 0. The molecule has 0 aliphatic carbocycles. The third-order valence-electron chi connectivity index (χ3n) is 3.42. The van der Waals surface area contributed by atoms with E-state index in [2.05, 4.69) is 0 Å². The SMILES string of the molecule is Cc1cc(C)c(-c2ccccc2)c(C)c1C(=O)[P+](=O)O.[H-].[Na+]. The number of hydrogen-bond donors (Lipinski definition) is 1. The van der Waals surface area contributed by atoms with Crippen molar-refractivity contribution < 1.29 is 45.2 Å². The standard InChI is InChI=1S/C16H15O3P.Na.H/c1-10-9-11(2)15(16(17)20(18)19)12(3)14(10)13-7-5-4-6-8-13;;/h4-9H,1-3H3;;/q;+1;-1/p+1. The van der Waals surface area contributed by atoms with Gasteiger partial charge in [0.15, 0.2) is 0 Å². The molecule has 3 nitrogen and oxygen atoms in total. The van der Waals surface area contributed by atoms with Crippen molar-refractivity contribution in [3.05, 3.63) is 58.7 Å². The molecule has 0 fully saturated rings.